The molecule has 2 nitrogen and oxygen atoms in total. The van der Waals surface area contributed by atoms with Crippen LogP contribution < -0.4 is 0 Å². The molecule has 5 radical (unpaired) electrons. The van der Waals surface area contributed by atoms with Crippen LogP contribution in [0.25, 0.3) is 0 Å². The van der Waals surface area contributed by atoms with E-state index < -0.39 is 0 Å². The smallest absolute Gasteiger partial charge is 0.128 e. The minimum Gasteiger partial charge on any atom is -0.303 e. The van der Waals surface area contributed by atoms with Gasteiger partial charge >= 0.3 is 0 Å². The minimum absolute atomic E-state index is 0.701. The number of nitrogens with zero attached hydrogens (tertiary/aromatic N) is 1. The predicted octanol–water partition coefficient (Wildman–Crippen LogP) is 1.71. The van der Waals surface area contributed by atoms with Gasteiger partial charge < -0.3 is 4.79 Å². The first-order chi connectivity index (χ1) is 6.83. The molecule has 1 saturated carbocycles. The van der Waals surface area contributed by atoms with Crippen molar-refractivity contribution < 1.29 is 4.79 Å². The summed E-state index contributed by atoms with van der Waals surface area (Å²) < 4.78 is 0. The maximum absolute atomic E-state index is 10.7. The molecule has 14 heavy (non-hydrogen) atoms. The fourth-order valence-corrected chi connectivity index (χ4v) is 1.52. The highest BCUT2D eigenvalue weighted by Gasteiger charge is 2.32. The Morgan fingerprint density at radius 3 is 2.93 bits per heavy atom. The molecular formula is C12H10NO. The molecular weight excluding hydrogens is 174 g/mol. The van der Waals surface area contributed by atoms with Gasteiger partial charge in [-0.05, 0) is 37.8 Å². The van der Waals surface area contributed by atoms with Crippen molar-refractivity contribution in [1.29, 1.82) is 0 Å². The van der Waals surface area contributed by atoms with Crippen LogP contribution in [0.2, 0.25) is 0 Å². The molecule has 2 rings (SSSR count). The Morgan fingerprint density at radius 1 is 1.36 bits per heavy atom. The second-order valence-corrected chi connectivity index (χ2v) is 3.18. The van der Waals surface area contributed by atoms with Crippen molar-refractivity contribution in [3.05, 3.63) is 60.7 Å². The van der Waals surface area contributed by atoms with Crippen molar-refractivity contribution in [3.8, 4) is 0 Å². The fourth-order valence-electron chi connectivity index (χ4n) is 1.52. The molecule has 1 aromatic heterocycles. The average molecular weight is 184 g/mol. The Balaban J connectivity index is 2.30. The molecule has 0 amide bonds. The highest BCUT2D eigenvalue weighted by molar-refractivity contribution is 5.83. The van der Waals surface area contributed by atoms with E-state index in [2.05, 4.69) is 4.98 Å². The summed E-state index contributed by atoms with van der Waals surface area (Å²) in [4.78, 5) is 15.0. The van der Waals surface area contributed by atoms with Gasteiger partial charge in [-0.15, -0.1) is 0 Å². The van der Waals surface area contributed by atoms with Crippen molar-refractivity contribution in [2.24, 2.45) is 0 Å². The molecule has 0 unspecified atom stereocenters. The van der Waals surface area contributed by atoms with Gasteiger partial charge in [-0.2, -0.15) is 0 Å². The second-order valence-electron chi connectivity index (χ2n) is 3.18. The standard InChI is InChI=1S/C12H10NO/c1-9-4-3-7-13-12(9)11-6-2-5-10(11)8-14/h2-8H,1H3. The number of carbonyl (C=O) groups excluding carboxylic acids is 1. The molecule has 1 aliphatic rings. The normalized spacial score (nSPS) is 18.6. The van der Waals surface area contributed by atoms with Crippen molar-refractivity contribution in [1.82, 2.24) is 4.98 Å². The van der Waals surface area contributed by atoms with Crippen LogP contribution >= 0.6 is 0 Å². The molecule has 0 saturated heterocycles. The van der Waals surface area contributed by atoms with Crippen molar-refractivity contribution in [3.63, 3.8) is 0 Å². The Kier molecular flexibility index (Phi) is 2.62. The van der Waals surface area contributed by atoms with E-state index in [9.17, 15) is 4.79 Å². The maximum atomic E-state index is 10.7. The van der Waals surface area contributed by atoms with E-state index in [-0.39, 0.29) is 0 Å². The zero-order valence-corrected chi connectivity index (χ0v) is 7.90. The molecule has 0 N–H and O–H groups in total. The summed E-state index contributed by atoms with van der Waals surface area (Å²) in [6.45, 7) is 1.99. The van der Waals surface area contributed by atoms with Crippen LogP contribution in [0.3, 0.4) is 0 Å². The van der Waals surface area contributed by atoms with E-state index in [1.807, 2.05) is 31.9 Å². The summed E-state index contributed by atoms with van der Waals surface area (Å²) >= 11 is 0. The van der Waals surface area contributed by atoms with Gasteiger partial charge in [0.2, 0.25) is 0 Å². The summed E-state index contributed by atoms with van der Waals surface area (Å²) in [6, 6.07) is 3.88. The number of aryl methyl sites for hydroxylation is 1. The first-order valence-corrected chi connectivity index (χ1v) is 4.46. The molecule has 2 heteroatoms. The number of hydrogen-bond donors (Lipinski definition) is 0. The first kappa shape index (κ1) is 9.38. The van der Waals surface area contributed by atoms with E-state index >= 15 is 0 Å². The van der Waals surface area contributed by atoms with Gasteiger partial charge in [0.1, 0.15) is 6.29 Å². The zero-order chi connectivity index (χ0) is 9.97. The number of rotatable bonds is 2. The Bertz CT molecular complexity index is 335. The topological polar surface area (TPSA) is 30.0 Å². The highest BCUT2D eigenvalue weighted by atomic mass is 16.1. The van der Waals surface area contributed by atoms with Crippen molar-refractivity contribution in [2.75, 3.05) is 0 Å². The van der Waals surface area contributed by atoms with Gasteiger partial charge in [-0.1, -0.05) is 6.07 Å². The van der Waals surface area contributed by atoms with Crippen LogP contribution in [0, 0.1) is 38.0 Å². The molecule has 1 aromatic rings. The summed E-state index contributed by atoms with van der Waals surface area (Å²) in [5.41, 5.74) is 1.97. The van der Waals surface area contributed by atoms with Crippen LogP contribution in [0.5, 0.6) is 0 Å². The molecule has 1 heterocycles. The second kappa shape index (κ2) is 3.91. The van der Waals surface area contributed by atoms with Crippen LogP contribution in [0.15, 0.2) is 18.3 Å². The largest absolute Gasteiger partial charge is 0.303 e. The maximum Gasteiger partial charge on any atom is 0.128 e. The summed E-state index contributed by atoms with van der Waals surface area (Å²) in [7, 11) is 0. The molecule has 0 aromatic carbocycles. The van der Waals surface area contributed by atoms with Crippen molar-refractivity contribution in [2.45, 2.75) is 6.92 Å². The van der Waals surface area contributed by atoms with Gasteiger partial charge in [-0.3, -0.25) is 4.98 Å². The van der Waals surface area contributed by atoms with E-state index in [4.69, 9.17) is 0 Å². The van der Waals surface area contributed by atoms with Crippen LogP contribution in [-0.2, 0) is 4.79 Å². The third kappa shape index (κ3) is 1.57. The fraction of sp³-hybridized carbons (Fsp3) is 0.0833. The van der Waals surface area contributed by atoms with Gasteiger partial charge in [0.25, 0.3) is 0 Å². The number of pyridine rings is 1. The Morgan fingerprint density at radius 2 is 2.21 bits per heavy atom. The summed E-state index contributed by atoms with van der Waals surface area (Å²) in [6.07, 6.45) is 8.19. The SMILES string of the molecule is Cc1cccnc1[C]1[CH][CH][CH][C]1C=O. The lowest BCUT2D eigenvalue weighted by Crippen LogP contribution is -2.10. The van der Waals surface area contributed by atoms with Crippen LogP contribution in [0.1, 0.15) is 11.3 Å². The van der Waals surface area contributed by atoms with E-state index in [1.54, 1.807) is 12.6 Å². The zero-order valence-electron chi connectivity index (χ0n) is 7.90. The minimum atomic E-state index is 0.701. The first-order valence-electron chi connectivity index (χ1n) is 4.46. The third-order valence-corrected chi connectivity index (χ3v) is 2.24. The van der Waals surface area contributed by atoms with E-state index in [1.165, 1.54) is 0 Å². The molecule has 1 fully saturated rings. The molecule has 0 bridgehead atoms. The monoisotopic (exact) mass is 184 g/mol. The Hall–Kier alpha value is -1.18. The molecule has 69 valence electrons. The number of aromatic nitrogens is 1. The molecule has 0 spiro atoms. The van der Waals surface area contributed by atoms with Crippen LogP contribution in [0.4, 0.5) is 0 Å². The lowest BCUT2D eigenvalue weighted by molar-refractivity contribution is -0.105. The van der Waals surface area contributed by atoms with Gasteiger partial charge in [0.15, 0.2) is 0 Å². The third-order valence-electron chi connectivity index (χ3n) is 2.24. The summed E-state index contributed by atoms with van der Waals surface area (Å²) in [5.74, 6) is 1.62. The molecule has 1 aliphatic carbocycles. The highest BCUT2D eigenvalue weighted by Crippen LogP contribution is 2.36. The van der Waals surface area contributed by atoms with E-state index in [0.717, 1.165) is 23.5 Å². The summed E-state index contributed by atoms with van der Waals surface area (Å²) in [5, 5.41) is 0. The number of carbonyl (C=O) groups is 1. The number of aldehydes is 1. The van der Waals surface area contributed by atoms with Gasteiger partial charge in [0.05, 0.1) is 11.6 Å². The van der Waals surface area contributed by atoms with E-state index in [0.29, 0.717) is 5.92 Å². The lowest BCUT2D eigenvalue weighted by atomic mass is 9.91. The Labute approximate surface area is 84.4 Å². The molecule has 0 aliphatic heterocycles. The number of hydrogen-bond acceptors (Lipinski definition) is 2. The lowest BCUT2D eigenvalue weighted by Gasteiger charge is -2.13. The van der Waals surface area contributed by atoms with Crippen LogP contribution in [-0.4, -0.2) is 11.3 Å². The van der Waals surface area contributed by atoms with Crippen molar-refractivity contribution >= 4 is 6.29 Å². The molecule has 0 atom stereocenters. The van der Waals surface area contributed by atoms with Gasteiger partial charge in [0, 0.05) is 12.1 Å². The van der Waals surface area contributed by atoms with Gasteiger partial charge in [-0.25, -0.2) is 0 Å². The quantitative estimate of drug-likeness (QED) is 0.655. The predicted molar refractivity (Wildman–Crippen MR) is 53.5 cm³/mol. The average Bonchev–Trinajstić information content (AvgIpc) is 2.66.